The summed E-state index contributed by atoms with van der Waals surface area (Å²) < 4.78 is 5.97. The number of hydrogen-bond donors (Lipinski definition) is 1. The molecule has 3 nitrogen and oxygen atoms in total. The first kappa shape index (κ1) is 13.5. The molecule has 5 heteroatoms. The monoisotopic (exact) mass is 306 g/mol. The molecule has 1 atom stereocenters. The predicted molar refractivity (Wildman–Crippen MR) is 65.8 cm³/mol. The molecule has 0 bridgehead atoms. The van der Waals surface area contributed by atoms with Crippen LogP contribution in [0, 0.1) is 0 Å². The molecule has 88 valence electrons. The molecule has 0 fully saturated rings. The molecule has 16 heavy (non-hydrogen) atoms. The number of carbonyl (C=O) groups is 1. The number of aliphatic carboxylic acids is 1. The summed E-state index contributed by atoms with van der Waals surface area (Å²) >= 11 is 9.12. The van der Waals surface area contributed by atoms with Gasteiger partial charge >= 0.3 is 5.97 Å². The maximum absolute atomic E-state index is 11.1. The normalized spacial score (nSPS) is 12.4. The Hall–Kier alpha value is -0.580. The van der Waals surface area contributed by atoms with Gasteiger partial charge in [-0.15, -0.1) is 0 Å². The Morgan fingerprint density at radius 1 is 1.62 bits per heavy atom. The van der Waals surface area contributed by atoms with Crippen molar-refractivity contribution in [3.63, 3.8) is 0 Å². The van der Waals surface area contributed by atoms with Crippen molar-refractivity contribution in [3.8, 4) is 0 Å². The van der Waals surface area contributed by atoms with E-state index in [0.717, 1.165) is 6.42 Å². The molecule has 1 rings (SSSR count). The number of benzene rings is 1. The smallest absolute Gasteiger partial charge is 0.337 e. The van der Waals surface area contributed by atoms with Gasteiger partial charge < -0.3 is 9.84 Å². The van der Waals surface area contributed by atoms with E-state index in [4.69, 9.17) is 21.4 Å². The first-order valence-electron chi connectivity index (χ1n) is 4.85. The third kappa shape index (κ3) is 3.47. The first-order chi connectivity index (χ1) is 7.56. The molecule has 0 radical (unpaired) electrons. The van der Waals surface area contributed by atoms with Crippen molar-refractivity contribution in [2.75, 3.05) is 6.61 Å². The van der Waals surface area contributed by atoms with E-state index < -0.39 is 12.1 Å². The molecule has 0 spiro atoms. The maximum Gasteiger partial charge on any atom is 0.337 e. The fourth-order valence-electron chi connectivity index (χ4n) is 1.25. The fraction of sp³-hybridized carbons (Fsp3) is 0.364. The molecule has 0 saturated heterocycles. The van der Waals surface area contributed by atoms with Crippen LogP contribution in [0.25, 0.3) is 0 Å². The molecule has 0 aliphatic carbocycles. The minimum Gasteiger partial charge on any atom is -0.479 e. The van der Waals surface area contributed by atoms with Crippen LogP contribution in [0.4, 0.5) is 0 Å². The summed E-state index contributed by atoms with van der Waals surface area (Å²) in [6, 6.07) is 5.00. The lowest BCUT2D eigenvalue weighted by Crippen LogP contribution is -2.16. The number of ether oxygens (including phenoxy) is 1. The predicted octanol–water partition coefficient (Wildman–Crippen LogP) is 3.65. The summed E-state index contributed by atoms with van der Waals surface area (Å²) in [5, 5.41) is 9.57. The van der Waals surface area contributed by atoms with E-state index in [1.807, 2.05) is 6.92 Å². The van der Waals surface area contributed by atoms with Gasteiger partial charge in [0.1, 0.15) is 0 Å². The summed E-state index contributed by atoms with van der Waals surface area (Å²) in [5.74, 6) is -1.02. The third-order valence-electron chi connectivity index (χ3n) is 1.95. The van der Waals surface area contributed by atoms with Gasteiger partial charge in [-0.25, -0.2) is 4.79 Å². The van der Waals surface area contributed by atoms with Crippen LogP contribution in [0.2, 0.25) is 5.02 Å². The Balaban J connectivity index is 3.00. The quantitative estimate of drug-likeness (QED) is 0.903. The summed E-state index contributed by atoms with van der Waals surface area (Å²) in [7, 11) is 0. The molecule has 0 amide bonds. The van der Waals surface area contributed by atoms with Gasteiger partial charge in [0, 0.05) is 21.7 Å². The van der Waals surface area contributed by atoms with Crippen LogP contribution in [0.3, 0.4) is 0 Å². The number of rotatable bonds is 5. The Morgan fingerprint density at radius 3 is 2.88 bits per heavy atom. The highest BCUT2D eigenvalue weighted by molar-refractivity contribution is 9.10. The minimum absolute atomic E-state index is 0.399. The van der Waals surface area contributed by atoms with Crippen LogP contribution >= 0.6 is 27.5 Å². The summed E-state index contributed by atoms with van der Waals surface area (Å²) in [4.78, 5) is 11.1. The number of halogens is 2. The van der Waals surface area contributed by atoms with Crippen molar-refractivity contribution < 1.29 is 14.6 Å². The van der Waals surface area contributed by atoms with E-state index in [1.54, 1.807) is 18.2 Å². The van der Waals surface area contributed by atoms with Crippen LogP contribution in [0.5, 0.6) is 0 Å². The molecule has 1 aromatic rings. The molecule has 0 saturated carbocycles. The lowest BCUT2D eigenvalue weighted by Gasteiger charge is -2.15. The summed E-state index contributed by atoms with van der Waals surface area (Å²) in [5.41, 5.74) is 0.536. The van der Waals surface area contributed by atoms with E-state index in [9.17, 15) is 4.79 Å². The third-order valence-corrected chi connectivity index (χ3v) is 2.91. The second-order valence-electron chi connectivity index (χ2n) is 3.25. The van der Waals surface area contributed by atoms with E-state index in [0.29, 0.717) is 21.7 Å². The average molecular weight is 308 g/mol. The van der Waals surface area contributed by atoms with Crippen molar-refractivity contribution in [2.24, 2.45) is 0 Å². The number of carboxylic acids is 1. The Labute approximate surface area is 107 Å². The maximum atomic E-state index is 11.1. The zero-order valence-corrected chi connectivity index (χ0v) is 11.1. The van der Waals surface area contributed by atoms with Gasteiger partial charge in [0.05, 0.1) is 0 Å². The molecule has 0 aliphatic rings. The Kier molecular flexibility index (Phi) is 5.25. The van der Waals surface area contributed by atoms with Crippen LogP contribution in [0.1, 0.15) is 25.0 Å². The Morgan fingerprint density at radius 2 is 2.31 bits per heavy atom. The summed E-state index contributed by atoms with van der Waals surface area (Å²) in [6.07, 6.45) is -0.213. The fourth-order valence-corrected chi connectivity index (χ4v) is 1.88. The van der Waals surface area contributed by atoms with E-state index >= 15 is 0 Å². The highest BCUT2D eigenvalue weighted by atomic mass is 79.9. The molecule has 0 aromatic heterocycles. The van der Waals surface area contributed by atoms with Gasteiger partial charge in [0.25, 0.3) is 0 Å². The molecule has 1 unspecified atom stereocenters. The topological polar surface area (TPSA) is 46.5 Å². The van der Waals surface area contributed by atoms with Crippen LogP contribution in [-0.4, -0.2) is 17.7 Å². The molecule has 1 N–H and O–H groups in total. The second-order valence-corrected chi connectivity index (χ2v) is 4.55. The number of hydrogen-bond acceptors (Lipinski definition) is 2. The van der Waals surface area contributed by atoms with Crippen molar-refractivity contribution in [2.45, 2.75) is 19.4 Å². The van der Waals surface area contributed by atoms with Crippen LogP contribution in [-0.2, 0) is 9.53 Å². The summed E-state index contributed by atoms with van der Waals surface area (Å²) in [6.45, 7) is 2.32. The molecule has 0 aliphatic heterocycles. The van der Waals surface area contributed by atoms with Crippen molar-refractivity contribution in [1.82, 2.24) is 0 Å². The van der Waals surface area contributed by atoms with Crippen LogP contribution < -0.4 is 0 Å². The van der Waals surface area contributed by atoms with Gasteiger partial charge in [0.2, 0.25) is 0 Å². The largest absolute Gasteiger partial charge is 0.479 e. The lowest BCUT2D eigenvalue weighted by molar-refractivity contribution is -0.150. The second kappa shape index (κ2) is 6.23. The highest BCUT2D eigenvalue weighted by Gasteiger charge is 2.22. The zero-order valence-electron chi connectivity index (χ0n) is 8.74. The molecular weight excluding hydrogens is 295 g/mol. The molecular formula is C11H12BrClO3. The van der Waals surface area contributed by atoms with Gasteiger partial charge in [-0.05, 0) is 24.6 Å². The Bertz CT molecular complexity index is 381. The first-order valence-corrected chi connectivity index (χ1v) is 6.02. The van der Waals surface area contributed by atoms with Crippen molar-refractivity contribution >= 4 is 33.5 Å². The minimum atomic E-state index is -1.02. The average Bonchev–Trinajstić information content (AvgIpc) is 2.23. The SMILES string of the molecule is CCCOC(C(=O)O)c1cc(Cl)ccc1Br. The molecule has 1 aromatic carbocycles. The van der Waals surface area contributed by atoms with Gasteiger partial charge in [0.15, 0.2) is 6.10 Å². The lowest BCUT2D eigenvalue weighted by atomic mass is 10.1. The number of carboxylic acid groups (broad SMARTS) is 1. The van der Waals surface area contributed by atoms with E-state index in [-0.39, 0.29) is 0 Å². The van der Waals surface area contributed by atoms with E-state index in [2.05, 4.69) is 15.9 Å². The van der Waals surface area contributed by atoms with Crippen molar-refractivity contribution in [1.29, 1.82) is 0 Å². The van der Waals surface area contributed by atoms with Crippen LogP contribution in [0.15, 0.2) is 22.7 Å². The zero-order chi connectivity index (χ0) is 12.1. The van der Waals surface area contributed by atoms with Crippen molar-refractivity contribution in [3.05, 3.63) is 33.3 Å². The standard InChI is InChI=1S/C11H12BrClO3/c1-2-5-16-10(11(14)15)8-6-7(13)3-4-9(8)12/h3-4,6,10H,2,5H2,1H3,(H,14,15). The van der Waals surface area contributed by atoms with Gasteiger partial charge in [-0.1, -0.05) is 34.5 Å². The molecule has 0 heterocycles. The van der Waals surface area contributed by atoms with Gasteiger partial charge in [-0.3, -0.25) is 0 Å². The highest BCUT2D eigenvalue weighted by Crippen LogP contribution is 2.29. The van der Waals surface area contributed by atoms with E-state index in [1.165, 1.54) is 0 Å². The van der Waals surface area contributed by atoms with Gasteiger partial charge in [-0.2, -0.15) is 0 Å².